The number of amides is 3. The molecule has 2 saturated heterocycles. The van der Waals surface area contributed by atoms with Gasteiger partial charge in [-0.25, -0.2) is 14.0 Å². The minimum Gasteiger partial charge on any atom is -0.445 e. The summed E-state index contributed by atoms with van der Waals surface area (Å²) in [6.45, 7) is 1.77. The molecule has 2 fully saturated rings. The largest absolute Gasteiger partial charge is 0.445 e. The molecule has 202 valence electrons. The molecule has 12 heteroatoms. The van der Waals surface area contributed by atoms with Gasteiger partial charge in [-0.05, 0) is 24.5 Å². The summed E-state index contributed by atoms with van der Waals surface area (Å²) in [5.74, 6) is -1.13. The van der Waals surface area contributed by atoms with Crippen molar-refractivity contribution in [3.63, 3.8) is 0 Å². The van der Waals surface area contributed by atoms with Gasteiger partial charge in [0.05, 0.1) is 12.2 Å². The van der Waals surface area contributed by atoms with E-state index in [1.807, 2.05) is 35.2 Å². The van der Waals surface area contributed by atoms with E-state index in [1.165, 1.54) is 6.07 Å². The second kappa shape index (κ2) is 12.3. The van der Waals surface area contributed by atoms with E-state index < -0.39 is 17.9 Å². The number of aliphatic imine (C=N–C) groups is 1. The third kappa shape index (κ3) is 6.69. The normalized spacial score (nSPS) is 16.2. The molecule has 11 nitrogen and oxygen atoms in total. The molecular formula is C26H31FN6O5. The van der Waals surface area contributed by atoms with Gasteiger partial charge < -0.3 is 35.6 Å². The van der Waals surface area contributed by atoms with Gasteiger partial charge in [-0.2, -0.15) is 0 Å². The highest BCUT2D eigenvalue weighted by Crippen LogP contribution is 2.26. The number of carbonyl (C=O) groups excluding carboxylic acids is 3. The molecule has 4 rings (SSSR count). The van der Waals surface area contributed by atoms with E-state index in [4.69, 9.17) is 20.9 Å². The number of carbonyl (C=O) groups is 3. The highest BCUT2D eigenvalue weighted by Gasteiger charge is 2.34. The average molecular weight is 527 g/mol. The zero-order chi connectivity index (χ0) is 27.1. The summed E-state index contributed by atoms with van der Waals surface area (Å²) < 4.78 is 25.5. The number of guanidine groups is 1. The summed E-state index contributed by atoms with van der Waals surface area (Å²) in [5, 5.41) is 0. The van der Waals surface area contributed by atoms with Crippen LogP contribution in [0.2, 0.25) is 0 Å². The van der Waals surface area contributed by atoms with Gasteiger partial charge in [0.2, 0.25) is 5.91 Å². The molecule has 0 spiro atoms. The Bertz CT molecular complexity index is 1180. The van der Waals surface area contributed by atoms with Crippen LogP contribution in [-0.4, -0.2) is 72.6 Å². The Balaban J connectivity index is 1.27. The van der Waals surface area contributed by atoms with Crippen molar-refractivity contribution in [3.8, 4) is 0 Å². The summed E-state index contributed by atoms with van der Waals surface area (Å²) in [7, 11) is 0. The van der Waals surface area contributed by atoms with Crippen LogP contribution in [0.15, 0.2) is 53.5 Å². The fraction of sp³-hybridized carbons (Fsp3) is 0.385. The maximum Gasteiger partial charge on any atom is 0.437 e. The average Bonchev–Trinajstić information content (AvgIpc) is 2.91. The lowest BCUT2D eigenvalue weighted by molar-refractivity contribution is -0.134. The molecule has 0 radical (unpaired) electrons. The van der Waals surface area contributed by atoms with Crippen LogP contribution in [0.5, 0.6) is 0 Å². The molecule has 2 aliphatic rings. The molecule has 0 aliphatic carbocycles. The third-order valence-corrected chi connectivity index (χ3v) is 6.60. The quantitative estimate of drug-likeness (QED) is 0.431. The van der Waals surface area contributed by atoms with Gasteiger partial charge in [0, 0.05) is 37.8 Å². The maximum absolute atomic E-state index is 15.1. The summed E-state index contributed by atoms with van der Waals surface area (Å²) in [5.41, 5.74) is 11.6. The van der Waals surface area contributed by atoms with Crippen LogP contribution < -0.4 is 16.4 Å². The fourth-order valence-corrected chi connectivity index (χ4v) is 4.65. The van der Waals surface area contributed by atoms with Crippen LogP contribution >= 0.6 is 0 Å². The molecule has 0 unspecified atom stereocenters. The van der Waals surface area contributed by atoms with Crippen molar-refractivity contribution in [3.05, 3.63) is 65.5 Å². The molecule has 0 aromatic heterocycles. The molecule has 2 heterocycles. The van der Waals surface area contributed by atoms with Crippen molar-refractivity contribution in [2.75, 3.05) is 37.6 Å². The van der Waals surface area contributed by atoms with Crippen molar-refractivity contribution in [1.82, 2.24) is 9.80 Å². The van der Waals surface area contributed by atoms with Gasteiger partial charge in [-0.3, -0.25) is 4.79 Å². The first-order valence-corrected chi connectivity index (χ1v) is 12.4. The maximum atomic E-state index is 15.1. The number of halogens is 1. The van der Waals surface area contributed by atoms with Crippen LogP contribution in [0, 0.1) is 5.82 Å². The summed E-state index contributed by atoms with van der Waals surface area (Å²) in [4.78, 5) is 45.4. The number of piperidine rings is 1. The molecule has 0 atom stereocenters. The topological polar surface area (TPSA) is 144 Å². The monoisotopic (exact) mass is 526 g/mol. The van der Waals surface area contributed by atoms with Gasteiger partial charge >= 0.3 is 12.2 Å². The Morgan fingerprint density at radius 3 is 2.37 bits per heavy atom. The third-order valence-electron chi connectivity index (χ3n) is 6.60. The molecule has 2 aromatic rings. The Kier molecular flexibility index (Phi) is 8.62. The van der Waals surface area contributed by atoms with Crippen molar-refractivity contribution >= 4 is 29.7 Å². The molecule has 0 bridgehead atoms. The number of hydrogen-bond acceptors (Lipinski definition) is 6. The number of likely N-dealkylation sites (tertiary alicyclic amines) is 1. The Labute approximate surface area is 219 Å². The van der Waals surface area contributed by atoms with Crippen molar-refractivity contribution < 1.29 is 28.2 Å². The number of nitrogens with zero attached hydrogens (tertiary/aromatic N) is 4. The number of ether oxygens (including phenoxy) is 2. The Hall–Kier alpha value is -4.35. The van der Waals surface area contributed by atoms with Gasteiger partial charge in [-0.1, -0.05) is 42.5 Å². The highest BCUT2D eigenvalue weighted by molar-refractivity contribution is 5.88. The fourth-order valence-electron chi connectivity index (χ4n) is 4.65. The van der Waals surface area contributed by atoms with Crippen LogP contribution in [-0.2, 0) is 27.5 Å². The van der Waals surface area contributed by atoms with E-state index in [1.54, 1.807) is 21.9 Å². The van der Waals surface area contributed by atoms with Gasteiger partial charge in [0.15, 0.2) is 11.8 Å². The number of hydrogen-bond donors (Lipinski definition) is 2. The van der Waals surface area contributed by atoms with E-state index in [-0.39, 0.29) is 49.1 Å². The minimum atomic E-state index is -1.02. The predicted molar refractivity (Wildman–Crippen MR) is 138 cm³/mol. The van der Waals surface area contributed by atoms with Crippen LogP contribution in [0.3, 0.4) is 0 Å². The molecular weight excluding hydrogens is 495 g/mol. The zero-order valence-electron chi connectivity index (χ0n) is 20.9. The lowest BCUT2D eigenvalue weighted by atomic mass is 10.0. The van der Waals surface area contributed by atoms with Gasteiger partial charge in [0.1, 0.15) is 13.2 Å². The van der Waals surface area contributed by atoms with E-state index in [2.05, 4.69) is 4.99 Å². The first-order valence-electron chi connectivity index (χ1n) is 12.4. The summed E-state index contributed by atoms with van der Waals surface area (Å²) >= 11 is 0. The SMILES string of the molecule is NC(N)=NC(=O)OCc1cccc(N2CCN(C3CCN(C(=O)OCc4ccccc4)CC3)C(=O)C2)c1F. The molecule has 2 aromatic carbocycles. The number of rotatable bonds is 6. The lowest BCUT2D eigenvalue weighted by Gasteiger charge is -2.43. The molecule has 4 N–H and O–H groups in total. The Morgan fingerprint density at radius 1 is 0.947 bits per heavy atom. The first kappa shape index (κ1) is 26.7. The zero-order valence-corrected chi connectivity index (χ0v) is 20.9. The second-order valence-electron chi connectivity index (χ2n) is 9.11. The molecule has 2 aliphatic heterocycles. The second-order valence-corrected chi connectivity index (χ2v) is 9.11. The van der Waals surface area contributed by atoms with E-state index >= 15 is 4.39 Å². The smallest absolute Gasteiger partial charge is 0.437 e. The number of benzene rings is 2. The lowest BCUT2D eigenvalue weighted by Crippen LogP contribution is -2.57. The van der Waals surface area contributed by atoms with Gasteiger partial charge in [-0.15, -0.1) is 4.99 Å². The van der Waals surface area contributed by atoms with Crippen LogP contribution in [0.1, 0.15) is 24.0 Å². The summed E-state index contributed by atoms with van der Waals surface area (Å²) in [6.07, 6.45) is -0.0779. The first-order chi connectivity index (χ1) is 18.3. The minimum absolute atomic E-state index is 0.00829. The van der Waals surface area contributed by atoms with E-state index in [9.17, 15) is 14.4 Å². The van der Waals surface area contributed by atoms with Crippen molar-refractivity contribution in [1.29, 1.82) is 0 Å². The van der Waals surface area contributed by atoms with Crippen LogP contribution in [0.25, 0.3) is 0 Å². The van der Waals surface area contributed by atoms with Crippen LogP contribution in [0.4, 0.5) is 19.7 Å². The molecule has 38 heavy (non-hydrogen) atoms. The highest BCUT2D eigenvalue weighted by atomic mass is 19.1. The Morgan fingerprint density at radius 2 is 1.68 bits per heavy atom. The number of anilines is 1. The van der Waals surface area contributed by atoms with E-state index in [0.717, 1.165) is 5.56 Å². The van der Waals surface area contributed by atoms with E-state index in [0.29, 0.717) is 39.0 Å². The van der Waals surface area contributed by atoms with Crippen molar-refractivity contribution in [2.24, 2.45) is 16.5 Å². The summed E-state index contributed by atoms with van der Waals surface area (Å²) in [6, 6.07) is 14.2. The molecule has 3 amide bonds. The number of nitrogens with two attached hydrogens (primary N) is 2. The standard InChI is InChI=1S/C26H31FN6O5/c27-23-19(17-37-25(35)30-24(28)29)7-4-8-21(23)32-13-14-33(22(34)15-32)20-9-11-31(12-10-20)26(36)38-16-18-5-2-1-3-6-18/h1-8,20H,9-17H2,(H4,28,29,30,35). The van der Waals surface area contributed by atoms with Crippen molar-refractivity contribution in [2.45, 2.75) is 32.1 Å². The molecule has 0 saturated carbocycles. The number of piperazine rings is 1. The predicted octanol–water partition coefficient (Wildman–Crippen LogP) is 2.19. The van der Waals surface area contributed by atoms with Gasteiger partial charge in [0.25, 0.3) is 0 Å².